The van der Waals surface area contributed by atoms with E-state index in [4.69, 9.17) is 10.00 Å². The number of aromatic nitrogens is 2. The third-order valence-electron chi connectivity index (χ3n) is 4.50. The van der Waals surface area contributed by atoms with Crippen LogP contribution >= 0.6 is 0 Å². The van der Waals surface area contributed by atoms with Crippen molar-refractivity contribution in [2.24, 2.45) is 0 Å². The topological polar surface area (TPSA) is 108 Å². The van der Waals surface area contributed by atoms with Crippen LogP contribution in [-0.4, -0.2) is 41.2 Å². The lowest BCUT2D eigenvalue weighted by molar-refractivity contribution is 0.186. The van der Waals surface area contributed by atoms with Crippen LogP contribution in [0.2, 0.25) is 0 Å². The molecule has 0 saturated heterocycles. The third kappa shape index (κ3) is 5.32. The van der Waals surface area contributed by atoms with Crippen LogP contribution in [0.3, 0.4) is 0 Å². The van der Waals surface area contributed by atoms with E-state index in [0.717, 1.165) is 11.0 Å². The van der Waals surface area contributed by atoms with Gasteiger partial charge in [-0.15, -0.1) is 0 Å². The van der Waals surface area contributed by atoms with Crippen LogP contribution in [0.15, 0.2) is 59.5 Å². The average molecular weight is 422 g/mol. The fraction of sp³-hybridized carbons (Fsp3) is 0.182. The van der Waals surface area contributed by atoms with Gasteiger partial charge in [-0.1, -0.05) is 12.1 Å². The number of anilines is 1. The normalized spacial score (nSPS) is 10.5. The molecule has 0 aliphatic heterocycles. The minimum Gasteiger partial charge on any atom is -0.465 e. The molecule has 0 spiro atoms. The Labute approximate surface area is 177 Å². The molecule has 158 valence electrons. The number of rotatable bonds is 7. The third-order valence-corrected chi connectivity index (χ3v) is 4.50. The van der Waals surface area contributed by atoms with Gasteiger partial charge < -0.3 is 9.84 Å². The van der Waals surface area contributed by atoms with Gasteiger partial charge in [0.25, 0.3) is 0 Å². The van der Waals surface area contributed by atoms with E-state index in [1.54, 1.807) is 24.3 Å². The Kier molecular flexibility index (Phi) is 6.74. The van der Waals surface area contributed by atoms with Crippen LogP contribution in [0.5, 0.6) is 0 Å². The molecule has 0 radical (unpaired) electrons. The summed E-state index contributed by atoms with van der Waals surface area (Å²) in [6, 6.07) is 13.7. The number of nitrogens with zero attached hydrogens (tertiary/aromatic N) is 4. The molecule has 3 aromatic rings. The number of amides is 1. The maximum absolute atomic E-state index is 13.8. The zero-order valence-electron chi connectivity index (χ0n) is 16.7. The molecule has 1 aromatic heterocycles. The van der Waals surface area contributed by atoms with E-state index in [2.05, 4.69) is 5.10 Å². The van der Waals surface area contributed by atoms with Crippen molar-refractivity contribution in [1.29, 1.82) is 5.26 Å². The summed E-state index contributed by atoms with van der Waals surface area (Å²) in [6.45, 7) is 0.395. The monoisotopic (exact) mass is 422 g/mol. The summed E-state index contributed by atoms with van der Waals surface area (Å²) in [5.74, 6) is -0.589. The maximum atomic E-state index is 13.8. The van der Waals surface area contributed by atoms with E-state index in [1.807, 2.05) is 6.07 Å². The first-order valence-corrected chi connectivity index (χ1v) is 9.29. The van der Waals surface area contributed by atoms with E-state index < -0.39 is 11.9 Å². The predicted molar refractivity (Wildman–Crippen MR) is 111 cm³/mol. The van der Waals surface area contributed by atoms with Crippen molar-refractivity contribution in [2.45, 2.75) is 6.42 Å². The Morgan fingerprint density at radius 3 is 2.81 bits per heavy atom. The van der Waals surface area contributed by atoms with Crippen molar-refractivity contribution in [1.82, 2.24) is 9.78 Å². The minimum absolute atomic E-state index is 0.134. The van der Waals surface area contributed by atoms with Gasteiger partial charge in [0.15, 0.2) is 0 Å². The Morgan fingerprint density at radius 2 is 2.10 bits per heavy atom. The fourth-order valence-corrected chi connectivity index (χ4v) is 3.03. The summed E-state index contributed by atoms with van der Waals surface area (Å²) in [4.78, 5) is 25.1. The Bertz CT molecular complexity index is 1200. The van der Waals surface area contributed by atoms with Gasteiger partial charge in [0.1, 0.15) is 11.5 Å². The number of hydrogen-bond donors (Lipinski definition) is 1. The number of methoxy groups -OCH3 is 1. The zero-order valence-corrected chi connectivity index (χ0v) is 16.7. The molecule has 2 aromatic carbocycles. The van der Waals surface area contributed by atoms with E-state index in [1.165, 1.54) is 36.2 Å². The minimum atomic E-state index is -1.12. The highest BCUT2D eigenvalue weighted by atomic mass is 19.1. The Hall–Kier alpha value is -4.03. The molecule has 0 unspecified atom stereocenters. The second-order valence-electron chi connectivity index (χ2n) is 6.65. The van der Waals surface area contributed by atoms with Gasteiger partial charge in [-0.3, -0.25) is 9.69 Å². The summed E-state index contributed by atoms with van der Waals surface area (Å²) < 4.78 is 20.1. The summed E-state index contributed by atoms with van der Waals surface area (Å²) in [5, 5.41) is 22.8. The van der Waals surface area contributed by atoms with Crippen molar-refractivity contribution in [2.75, 3.05) is 25.2 Å². The molecule has 8 nitrogen and oxygen atoms in total. The molecular formula is C22H19FN4O4. The number of hydrogen-bond acceptors (Lipinski definition) is 5. The highest BCUT2D eigenvalue weighted by molar-refractivity contribution is 5.86. The van der Waals surface area contributed by atoms with Gasteiger partial charge in [-0.2, -0.15) is 10.4 Å². The highest BCUT2D eigenvalue weighted by Crippen LogP contribution is 2.18. The van der Waals surface area contributed by atoms with Crippen LogP contribution in [0.4, 0.5) is 14.9 Å². The zero-order chi connectivity index (χ0) is 22.4. The van der Waals surface area contributed by atoms with Crippen molar-refractivity contribution < 1.29 is 19.0 Å². The van der Waals surface area contributed by atoms with E-state index in [-0.39, 0.29) is 36.3 Å². The van der Waals surface area contributed by atoms with Gasteiger partial charge in [-0.05, 0) is 35.9 Å². The quantitative estimate of drug-likeness (QED) is 0.627. The highest BCUT2D eigenvalue weighted by Gasteiger charge is 2.15. The molecule has 1 N–H and O–H groups in total. The molecule has 9 heteroatoms. The average Bonchev–Trinajstić information content (AvgIpc) is 2.75. The molecule has 31 heavy (non-hydrogen) atoms. The number of carboxylic acid groups (broad SMARTS) is 1. The van der Waals surface area contributed by atoms with Gasteiger partial charge in [0, 0.05) is 31.5 Å². The molecule has 0 aliphatic rings. The Morgan fingerprint density at radius 1 is 1.29 bits per heavy atom. The van der Waals surface area contributed by atoms with Crippen LogP contribution in [0, 0.1) is 17.1 Å². The molecule has 0 aliphatic carbocycles. The van der Waals surface area contributed by atoms with Gasteiger partial charge in [0.05, 0.1) is 30.5 Å². The van der Waals surface area contributed by atoms with Crippen molar-refractivity contribution in [3.8, 4) is 11.8 Å². The smallest absolute Gasteiger partial charge is 0.411 e. The molecule has 3 rings (SSSR count). The van der Waals surface area contributed by atoms with Gasteiger partial charge in [0.2, 0.25) is 5.43 Å². The number of halogens is 1. The van der Waals surface area contributed by atoms with Crippen LogP contribution in [0.1, 0.15) is 16.8 Å². The lowest BCUT2D eigenvalue weighted by Gasteiger charge is -2.19. The Balaban J connectivity index is 1.93. The first-order valence-electron chi connectivity index (χ1n) is 9.29. The molecule has 0 saturated carbocycles. The van der Waals surface area contributed by atoms with Crippen molar-refractivity contribution >= 4 is 11.8 Å². The first-order chi connectivity index (χ1) is 14.9. The van der Waals surface area contributed by atoms with Crippen LogP contribution in [-0.2, 0) is 11.2 Å². The molecule has 1 amide bonds. The molecular weight excluding hydrogens is 403 g/mol. The molecule has 0 bridgehead atoms. The van der Waals surface area contributed by atoms with Crippen molar-refractivity contribution in [3.63, 3.8) is 0 Å². The van der Waals surface area contributed by atoms with Gasteiger partial charge >= 0.3 is 6.09 Å². The molecule has 0 atom stereocenters. The van der Waals surface area contributed by atoms with Gasteiger partial charge in [-0.25, -0.2) is 13.9 Å². The first kappa shape index (κ1) is 21.7. The lowest BCUT2D eigenvalue weighted by atomic mass is 10.1. The number of ether oxygens (including phenoxy) is 1. The number of nitriles is 1. The van der Waals surface area contributed by atoms with E-state index >= 15 is 0 Å². The second kappa shape index (κ2) is 9.65. The number of carbonyl (C=O) groups is 1. The second-order valence-corrected chi connectivity index (χ2v) is 6.65. The number of benzene rings is 2. The van der Waals surface area contributed by atoms with Crippen molar-refractivity contribution in [3.05, 3.63) is 87.6 Å². The molecule has 1 heterocycles. The van der Waals surface area contributed by atoms with E-state index in [0.29, 0.717) is 16.9 Å². The standard InChI is InChI=1S/C22H19FN4O4/c1-31-8-7-26(22(29)30)18-4-2-3-15(10-18)12-20-21(28)5-6-27(25-20)19-11-16(14-24)9-17(23)13-19/h2-6,9-11,13H,7-8,12H2,1H3,(H,29,30). The maximum Gasteiger partial charge on any atom is 0.411 e. The van der Waals surface area contributed by atoms with E-state index in [9.17, 15) is 19.1 Å². The SMILES string of the molecule is COCCN(C(=O)O)c1cccc(Cc2nn(-c3cc(F)cc(C#N)c3)ccc2=O)c1. The molecule has 0 fully saturated rings. The summed E-state index contributed by atoms with van der Waals surface area (Å²) in [5.41, 5.74) is 1.45. The fourth-order valence-electron chi connectivity index (χ4n) is 3.03. The van der Waals surface area contributed by atoms with Crippen LogP contribution < -0.4 is 10.3 Å². The van der Waals surface area contributed by atoms with Crippen LogP contribution in [0.25, 0.3) is 5.69 Å². The summed E-state index contributed by atoms with van der Waals surface area (Å²) in [7, 11) is 1.49. The largest absolute Gasteiger partial charge is 0.465 e. The predicted octanol–water partition coefficient (Wildman–Crippen LogP) is 2.96. The summed E-state index contributed by atoms with van der Waals surface area (Å²) in [6.07, 6.45) is 0.426. The summed E-state index contributed by atoms with van der Waals surface area (Å²) >= 11 is 0. The lowest BCUT2D eigenvalue weighted by Crippen LogP contribution is -2.32.